The molecule has 4 nitrogen and oxygen atoms in total. The number of ether oxygens (including phenoxy) is 1. The molecule has 0 spiro atoms. The van der Waals surface area contributed by atoms with Crippen molar-refractivity contribution in [1.29, 1.82) is 0 Å². The lowest BCUT2D eigenvalue weighted by molar-refractivity contribution is 0.249. The Labute approximate surface area is 83.4 Å². The fraction of sp³-hybridized carbons (Fsp3) is 0.700. The molecule has 14 heavy (non-hydrogen) atoms. The normalized spacial score (nSPS) is 18.1. The highest BCUT2D eigenvalue weighted by molar-refractivity contribution is 5.03. The fourth-order valence-corrected chi connectivity index (χ4v) is 1.38. The predicted molar refractivity (Wildman–Crippen MR) is 52.1 cm³/mol. The molecule has 0 saturated heterocycles. The molecule has 2 rings (SSSR count). The molecular weight excluding hydrogens is 180 g/mol. The minimum absolute atomic E-state index is 0.0697. The minimum atomic E-state index is 0.0697. The number of nitrogens with zero attached hydrogens (tertiary/aromatic N) is 1. The van der Waals surface area contributed by atoms with E-state index in [1.165, 1.54) is 0 Å². The lowest BCUT2D eigenvalue weighted by Gasteiger charge is -2.04. The molecule has 0 radical (unpaired) electrons. The molecule has 0 aliphatic heterocycles. The first-order valence-electron chi connectivity index (χ1n) is 5.08. The predicted octanol–water partition coefficient (Wildman–Crippen LogP) is 1.50. The van der Waals surface area contributed by atoms with Gasteiger partial charge in [0.2, 0.25) is 0 Å². The second kappa shape index (κ2) is 3.61. The average Bonchev–Trinajstić information content (AvgIpc) is 2.74. The Hall–Kier alpha value is -1.03. The van der Waals surface area contributed by atoms with Crippen LogP contribution in [0.1, 0.15) is 32.1 Å². The lowest BCUT2D eigenvalue weighted by Crippen LogP contribution is -2.22. The molecule has 2 N–H and O–H groups in total. The van der Waals surface area contributed by atoms with E-state index in [0.717, 1.165) is 31.6 Å². The highest BCUT2D eigenvalue weighted by atomic mass is 16.6. The first-order valence-corrected chi connectivity index (χ1v) is 5.08. The molecule has 0 bridgehead atoms. The molecule has 0 aromatic carbocycles. The number of nitrogens with two attached hydrogens (primary N) is 1. The number of aryl methyl sites for hydroxylation is 1. The van der Waals surface area contributed by atoms with Crippen LogP contribution < -0.4 is 10.5 Å². The van der Waals surface area contributed by atoms with Crippen LogP contribution >= 0.6 is 0 Å². The summed E-state index contributed by atoms with van der Waals surface area (Å²) in [7, 11) is 0. The van der Waals surface area contributed by atoms with Crippen LogP contribution in [0.4, 0.5) is 0 Å². The van der Waals surface area contributed by atoms with E-state index in [1.807, 2.05) is 6.92 Å². The van der Waals surface area contributed by atoms with Crippen LogP contribution in [0.2, 0.25) is 0 Å². The molecule has 4 heteroatoms. The van der Waals surface area contributed by atoms with E-state index >= 15 is 0 Å². The summed E-state index contributed by atoms with van der Waals surface area (Å²) < 4.78 is 10.5. The van der Waals surface area contributed by atoms with Crippen LogP contribution in [0.15, 0.2) is 10.6 Å². The Bertz CT molecular complexity index is 305. The van der Waals surface area contributed by atoms with Gasteiger partial charge in [0.05, 0.1) is 6.61 Å². The van der Waals surface area contributed by atoms with Gasteiger partial charge in [-0.3, -0.25) is 0 Å². The molecule has 1 aliphatic rings. The molecule has 1 heterocycles. The van der Waals surface area contributed by atoms with Gasteiger partial charge in [-0.15, -0.1) is 0 Å². The van der Waals surface area contributed by atoms with Gasteiger partial charge in [-0.05, 0) is 26.2 Å². The summed E-state index contributed by atoms with van der Waals surface area (Å²) in [6.07, 6.45) is 5.65. The Morgan fingerprint density at radius 2 is 2.43 bits per heavy atom. The van der Waals surface area contributed by atoms with E-state index in [2.05, 4.69) is 4.98 Å². The standard InChI is InChI=1S/C10H16N2O2/c1-2-13-9-7-12-8(14-9)3-4-10(11)5-6-10/h7H,2-6,11H2,1H3. The minimum Gasteiger partial charge on any atom is -0.464 e. The molecule has 1 aromatic heterocycles. The van der Waals surface area contributed by atoms with Crippen molar-refractivity contribution in [2.45, 2.75) is 38.1 Å². The van der Waals surface area contributed by atoms with Crippen LogP contribution in [-0.2, 0) is 6.42 Å². The summed E-state index contributed by atoms with van der Waals surface area (Å²) in [6.45, 7) is 2.52. The number of aromatic nitrogens is 1. The summed E-state index contributed by atoms with van der Waals surface area (Å²) in [4.78, 5) is 4.12. The van der Waals surface area contributed by atoms with E-state index in [9.17, 15) is 0 Å². The maximum atomic E-state index is 5.96. The van der Waals surface area contributed by atoms with Crippen LogP contribution in [-0.4, -0.2) is 17.1 Å². The maximum absolute atomic E-state index is 5.96. The van der Waals surface area contributed by atoms with Crippen molar-refractivity contribution in [3.05, 3.63) is 12.1 Å². The number of hydrogen-bond acceptors (Lipinski definition) is 4. The first-order chi connectivity index (χ1) is 6.72. The molecular formula is C10H16N2O2. The van der Waals surface area contributed by atoms with Crippen molar-refractivity contribution in [3.63, 3.8) is 0 Å². The molecule has 0 unspecified atom stereocenters. The van der Waals surface area contributed by atoms with Gasteiger partial charge in [0.1, 0.15) is 6.20 Å². The van der Waals surface area contributed by atoms with Gasteiger partial charge in [0, 0.05) is 12.0 Å². The smallest absolute Gasteiger partial charge is 0.305 e. The fourth-order valence-electron chi connectivity index (χ4n) is 1.38. The van der Waals surface area contributed by atoms with Crippen molar-refractivity contribution in [2.75, 3.05) is 6.61 Å². The lowest BCUT2D eigenvalue weighted by atomic mass is 10.1. The SMILES string of the molecule is CCOc1cnc(CCC2(N)CC2)o1. The van der Waals surface area contributed by atoms with Gasteiger partial charge in [-0.1, -0.05) is 0 Å². The first kappa shape index (κ1) is 9.52. The summed E-state index contributed by atoms with van der Waals surface area (Å²) in [5.41, 5.74) is 6.03. The van der Waals surface area contributed by atoms with Gasteiger partial charge in [0.25, 0.3) is 0 Å². The third kappa shape index (κ3) is 2.26. The van der Waals surface area contributed by atoms with Gasteiger partial charge in [-0.2, -0.15) is 0 Å². The summed E-state index contributed by atoms with van der Waals surface area (Å²) in [5, 5.41) is 0. The monoisotopic (exact) mass is 196 g/mol. The van der Waals surface area contributed by atoms with Crippen molar-refractivity contribution in [3.8, 4) is 5.95 Å². The topological polar surface area (TPSA) is 61.3 Å². The number of rotatable bonds is 5. The third-order valence-corrected chi connectivity index (χ3v) is 2.55. The second-order valence-corrected chi connectivity index (χ2v) is 3.87. The summed E-state index contributed by atoms with van der Waals surface area (Å²) in [5.74, 6) is 1.23. The van der Waals surface area contributed by atoms with Gasteiger partial charge >= 0.3 is 5.95 Å². The van der Waals surface area contributed by atoms with Gasteiger partial charge in [-0.25, -0.2) is 4.98 Å². The third-order valence-electron chi connectivity index (χ3n) is 2.55. The highest BCUT2D eigenvalue weighted by Gasteiger charge is 2.37. The second-order valence-electron chi connectivity index (χ2n) is 3.87. The molecule has 1 aromatic rings. The van der Waals surface area contributed by atoms with E-state index in [0.29, 0.717) is 12.6 Å². The van der Waals surface area contributed by atoms with Crippen LogP contribution in [0.5, 0.6) is 5.95 Å². The Morgan fingerprint density at radius 3 is 3.07 bits per heavy atom. The van der Waals surface area contributed by atoms with Crippen molar-refractivity contribution in [2.24, 2.45) is 5.73 Å². The molecule has 1 saturated carbocycles. The number of oxazole rings is 1. The Kier molecular flexibility index (Phi) is 2.46. The van der Waals surface area contributed by atoms with E-state index in [1.54, 1.807) is 6.20 Å². The van der Waals surface area contributed by atoms with Crippen molar-refractivity contribution < 1.29 is 9.15 Å². The van der Waals surface area contributed by atoms with E-state index in [-0.39, 0.29) is 5.54 Å². The van der Waals surface area contributed by atoms with Crippen LogP contribution in [0.25, 0.3) is 0 Å². The Balaban J connectivity index is 1.83. The average molecular weight is 196 g/mol. The van der Waals surface area contributed by atoms with Gasteiger partial charge in [0.15, 0.2) is 5.89 Å². The molecule has 1 aliphatic carbocycles. The van der Waals surface area contributed by atoms with Crippen LogP contribution in [0, 0.1) is 0 Å². The molecule has 0 atom stereocenters. The number of hydrogen-bond donors (Lipinski definition) is 1. The maximum Gasteiger partial charge on any atom is 0.305 e. The molecule has 78 valence electrons. The van der Waals surface area contributed by atoms with Crippen molar-refractivity contribution in [1.82, 2.24) is 4.98 Å². The molecule has 1 fully saturated rings. The van der Waals surface area contributed by atoms with Crippen molar-refractivity contribution >= 4 is 0 Å². The van der Waals surface area contributed by atoms with Gasteiger partial charge < -0.3 is 14.9 Å². The summed E-state index contributed by atoms with van der Waals surface area (Å²) >= 11 is 0. The summed E-state index contributed by atoms with van der Waals surface area (Å²) in [6, 6.07) is 0. The molecule has 0 amide bonds. The zero-order chi connectivity index (χ0) is 10.0. The Morgan fingerprint density at radius 1 is 1.64 bits per heavy atom. The van der Waals surface area contributed by atoms with E-state index in [4.69, 9.17) is 14.9 Å². The largest absolute Gasteiger partial charge is 0.464 e. The van der Waals surface area contributed by atoms with E-state index < -0.39 is 0 Å². The quantitative estimate of drug-likeness (QED) is 0.775. The van der Waals surface area contributed by atoms with Crippen LogP contribution in [0.3, 0.4) is 0 Å². The zero-order valence-corrected chi connectivity index (χ0v) is 8.45. The zero-order valence-electron chi connectivity index (χ0n) is 8.45. The highest BCUT2D eigenvalue weighted by Crippen LogP contribution is 2.36.